The molecule has 1 amide bonds. The first-order valence-electron chi connectivity index (χ1n) is 6.28. The van der Waals surface area contributed by atoms with E-state index < -0.39 is 0 Å². The Morgan fingerprint density at radius 3 is 2.76 bits per heavy atom. The highest BCUT2D eigenvalue weighted by Gasteiger charge is 2.33. The molecule has 1 saturated carbocycles. The molecular weight excluding hydrogens is 220 g/mol. The zero-order valence-corrected chi connectivity index (χ0v) is 10.6. The van der Waals surface area contributed by atoms with Crippen LogP contribution in [0.4, 0.5) is 0 Å². The van der Waals surface area contributed by atoms with E-state index in [0.717, 1.165) is 32.4 Å². The molecule has 2 aliphatic rings. The molecule has 0 bridgehead atoms. The van der Waals surface area contributed by atoms with E-state index in [9.17, 15) is 4.79 Å². The van der Waals surface area contributed by atoms with E-state index in [2.05, 4.69) is 10.6 Å². The summed E-state index contributed by atoms with van der Waals surface area (Å²) < 4.78 is 10.9. The zero-order valence-electron chi connectivity index (χ0n) is 10.6. The predicted octanol–water partition coefficient (Wildman–Crippen LogP) is 0.0486. The summed E-state index contributed by atoms with van der Waals surface area (Å²) in [5.74, 6) is -0.0140. The minimum absolute atomic E-state index is 0.0140. The van der Waals surface area contributed by atoms with Gasteiger partial charge in [0.1, 0.15) is 6.61 Å². The molecule has 1 aliphatic carbocycles. The quantitative estimate of drug-likeness (QED) is 0.715. The summed E-state index contributed by atoms with van der Waals surface area (Å²) in [6.45, 7) is 3.84. The van der Waals surface area contributed by atoms with Crippen LogP contribution < -0.4 is 10.6 Å². The summed E-state index contributed by atoms with van der Waals surface area (Å²) in [5, 5.41) is 6.14. The SMILES string of the molecule is COC1CCC(NC(=O)COC2(C)CNC2)C1. The number of hydrogen-bond acceptors (Lipinski definition) is 4. The third-order valence-corrected chi connectivity index (χ3v) is 3.63. The summed E-state index contributed by atoms with van der Waals surface area (Å²) >= 11 is 0. The van der Waals surface area contributed by atoms with Crippen molar-refractivity contribution in [2.45, 2.75) is 43.9 Å². The number of ether oxygens (including phenoxy) is 2. The van der Waals surface area contributed by atoms with Crippen molar-refractivity contribution in [3.8, 4) is 0 Å². The zero-order chi connectivity index (χ0) is 12.3. The van der Waals surface area contributed by atoms with Gasteiger partial charge < -0.3 is 20.1 Å². The fraction of sp³-hybridized carbons (Fsp3) is 0.917. The van der Waals surface area contributed by atoms with Crippen molar-refractivity contribution >= 4 is 5.91 Å². The number of nitrogens with one attached hydrogen (secondary N) is 2. The molecule has 17 heavy (non-hydrogen) atoms. The lowest BCUT2D eigenvalue weighted by molar-refractivity contribution is -0.136. The van der Waals surface area contributed by atoms with Crippen molar-refractivity contribution in [2.24, 2.45) is 0 Å². The molecule has 0 aromatic carbocycles. The van der Waals surface area contributed by atoms with Crippen molar-refractivity contribution in [2.75, 3.05) is 26.8 Å². The molecule has 2 atom stereocenters. The van der Waals surface area contributed by atoms with E-state index >= 15 is 0 Å². The topological polar surface area (TPSA) is 59.6 Å². The van der Waals surface area contributed by atoms with Crippen LogP contribution >= 0.6 is 0 Å². The lowest BCUT2D eigenvalue weighted by Crippen LogP contribution is -2.59. The molecule has 2 unspecified atom stereocenters. The van der Waals surface area contributed by atoms with Gasteiger partial charge in [0.25, 0.3) is 0 Å². The van der Waals surface area contributed by atoms with Gasteiger partial charge in [-0.3, -0.25) is 4.79 Å². The molecule has 5 heteroatoms. The Morgan fingerprint density at radius 2 is 2.24 bits per heavy atom. The van der Waals surface area contributed by atoms with Crippen LogP contribution in [0.5, 0.6) is 0 Å². The monoisotopic (exact) mass is 242 g/mol. The normalized spacial score (nSPS) is 30.9. The van der Waals surface area contributed by atoms with Crippen molar-refractivity contribution in [3.63, 3.8) is 0 Å². The van der Waals surface area contributed by atoms with Gasteiger partial charge in [-0.1, -0.05) is 0 Å². The smallest absolute Gasteiger partial charge is 0.246 e. The molecule has 0 spiro atoms. The van der Waals surface area contributed by atoms with Crippen molar-refractivity contribution in [1.82, 2.24) is 10.6 Å². The van der Waals surface area contributed by atoms with Crippen molar-refractivity contribution in [3.05, 3.63) is 0 Å². The second-order valence-corrected chi connectivity index (χ2v) is 5.28. The number of hydrogen-bond donors (Lipinski definition) is 2. The van der Waals surface area contributed by atoms with E-state index in [1.165, 1.54) is 0 Å². The Kier molecular flexibility index (Phi) is 4.01. The number of amides is 1. The van der Waals surface area contributed by atoms with Gasteiger partial charge in [0.15, 0.2) is 0 Å². The molecule has 0 aromatic rings. The molecule has 1 aliphatic heterocycles. The van der Waals surface area contributed by atoms with E-state index in [0.29, 0.717) is 6.10 Å². The average Bonchev–Trinajstić information content (AvgIpc) is 2.71. The number of carbonyl (C=O) groups is 1. The molecule has 5 nitrogen and oxygen atoms in total. The van der Waals surface area contributed by atoms with E-state index in [-0.39, 0.29) is 24.2 Å². The molecule has 98 valence electrons. The first kappa shape index (κ1) is 12.8. The highest BCUT2D eigenvalue weighted by atomic mass is 16.5. The molecule has 2 fully saturated rings. The molecule has 2 N–H and O–H groups in total. The van der Waals surface area contributed by atoms with Crippen LogP contribution in [-0.4, -0.2) is 50.5 Å². The fourth-order valence-electron chi connectivity index (χ4n) is 2.37. The van der Waals surface area contributed by atoms with E-state index in [1.54, 1.807) is 7.11 Å². The van der Waals surface area contributed by atoms with Gasteiger partial charge in [-0.05, 0) is 26.2 Å². The van der Waals surface area contributed by atoms with Crippen LogP contribution in [0, 0.1) is 0 Å². The number of rotatable bonds is 5. The van der Waals surface area contributed by atoms with E-state index in [1.807, 2.05) is 6.92 Å². The maximum absolute atomic E-state index is 11.7. The van der Waals surface area contributed by atoms with Crippen LogP contribution in [-0.2, 0) is 14.3 Å². The first-order chi connectivity index (χ1) is 8.11. The van der Waals surface area contributed by atoms with Crippen LogP contribution in [0.2, 0.25) is 0 Å². The second-order valence-electron chi connectivity index (χ2n) is 5.28. The fourth-order valence-corrected chi connectivity index (χ4v) is 2.37. The van der Waals surface area contributed by atoms with Gasteiger partial charge in [-0.15, -0.1) is 0 Å². The molecule has 0 aromatic heterocycles. The van der Waals surface area contributed by atoms with Crippen molar-refractivity contribution < 1.29 is 14.3 Å². The maximum Gasteiger partial charge on any atom is 0.246 e. The summed E-state index contributed by atoms with van der Waals surface area (Å²) in [6, 6.07) is 0.253. The van der Waals surface area contributed by atoms with Gasteiger partial charge in [0.2, 0.25) is 5.91 Å². The lowest BCUT2D eigenvalue weighted by atomic mass is 10.0. The highest BCUT2D eigenvalue weighted by molar-refractivity contribution is 5.77. The number of carbonyl (C=O) groups excluding carboxylic acids is 1. The van der Waals surface area contributed by atoms with Crippen LogP contribution in [0.25, 0.3) is 0 Å². The Labute approximate surface area is 102 Å². The van der Waals surface area contributed by atoms with Gasteiger partial charge >= 0.3 is 0 Å². The molecular formula is C12H22N2O3. The molecule has 1 heterocycles. The van der Waals surface area contributed by atoms with Gasteiger partial charge in [-0.25, -0.2) is 0 Å². The maximum atomic E-state index is 11.7. The summed E-state index contributed by atoms with van der Waals surface area (Å²) in [5.41, 5.74) is -0.151. The Morgan fingerprint density at radius 1 is 1.47 bits per heavy atom. The van der Waals surface area contributed by atoms with Crippen LogP contribution in [0.1, 0.15) is 26.2 Å². The highest BCUT2D eigenvalue weighted by Crippen LogP contribution is 2.21. The standard InChI is InChI=1S/C12H22N2O3/c1-12(7-13-8-12)17-6-11(15)14-9-3-4-10(5-9)16-2/h9-10,13H,3-8H2,1-2H3,(H,14,15). The Balaban J connectivity index is 1.64. The molecule has 0 radical (unpaired) electrons. The predicted molar refractivity (Wildman–Crippen MR) is 63.8 cm³/mol. The minimum Gasteiger partial charge on any atom is -0.381 e. The van der Waals surface area contributed by atoms with Crippen molar-refractivity contribution in [1.29, 1.82) is 0 Å². The van der Waals surface area contributed by atoms with Crippen LogP contribution in [0.3, 0.4) is 0 Å². The third-order valence-electron chi connectivity index (χ3n) is 3.63. The Bertz CT molecular complexity index is 279. The summed E-state index contributed by atoms with van der Waals surface area (Å²) in [7, 11) is 1.72. The summed E-state index contributed by atoms with van der Waals surface area (Å²) in [6.07, 6.45) is 3.25. The molecule has 2 rings (SSSR count). The Hall–Kier alpha value is -0.650. The lowest BCUT2D eigenvalue weighted by Gasteiger charge is -2.38. The third kappa shape index (κ3) is 3.40. The molecule has 1 saturated heterocycles. The van der Waals surface area contributed by atoms with Crippen LogP contribution in [0.15, 0.2) is 0 Å². The average molecular weight is 242 g/mol. The minimum atomic E-state index is -0.151. The van der Waals surface area contributed by atoms with Gasteiger partial charge in [-0.2, -0.15) is 0 Å². The second kappa shape index (κ2) is 5.33. The number of methoxy groups -OCH3 is 1. The van der Waals surface area contributed by atoms with Gasteiger partial charge in [0.05, 0.1) is 11.7 Å². The van der Waals surface area contributed by atoms with E-state index in [4.69, 9.17) is 9.47 Å². The van der Waals surface area contributed by atoms with Gasteiger partial charge in [0, 0.05) is 26.2 Å². The first-order valence-corrected chi connectivity index (χ1v) is 6.28. The largest absolute Gasteiger partial charge is 0.381 e. The summed E-state index contributed by atoms with van der Waals surface area (Å²) in [4.78, 5) is 11.7.